The van der Waals surface area contributed by atoms with Gasteiger partial charge in [0.2, 0.25) is 0 Å². The van der Waals surface area contributed by atoms with E-state index in [9.17, 15) is 0 Å². The summed E-state index contributed by atoms with van der Waals surface area (Å²) in [5.41, 5.74) is 17.0. The molecule has 0 heterocycles. The van der Waals surface area contributed by atoms with E-state index in [2.05, 4.69) is 185 Å². The van der Waals surface area contributed by atoms with Gasteiger partial charge in [0, 0.05) is 34.1 Å². The van der Waals surface area contributed by atoms with Crippen LogP contribution in [0.2, 0.25) is 0 Å². The number of aryl methyl sites for hydroxylation is 6. The maximum Gasteiger partial charge on any atom is 0.0490 e. The first-order chi connectivity index (χ1) is 21.3. The van der Waals surface area contributed by atoms with Gasteiger partial charge < -0.3 is 9.80 Å². The highest BCUT2D eigenvalue weighted by atomic mass is 15.1. The molecule has 44 heavy (non-hydrogen) atoms. The van der Waals surface area contributed by atoms with E-state index < -0.39 is 0 Å². The molecule has 0 bridgehead atoms. The first-order valence-electron chi connectivity index (χ1n) is 15.4. The predicted molar refractivity (Wildman–Crippen MR) is 190 cm³/mol. The molecule has 0 saturated heterocycles. The SMILES string of the molecule is Cc1cccc(N(c2ccc(-c3ccc(N(c4cccc(C)c4)c4ccccc4C)cc3C)c(C)c2)c2ccccc2C)c1. The van der Waals surface area contributed by atoms with Gasteiger partial charge in [-0.3, -0.25) is 0 Å². The number of para-hydroxylation sites is 2. The van der Waals surface area contributed by atoms with Crippen molar-refractivity contribution in [2.45, 2.75) is 41.5 Å². The predicted octanol–water partition coefficient (Wildman–Crippen LogP) is 12.1. The van der Waals surface area contributed by atoms with Crippen LogP contribution in [0.15, 0.2) is 133 Å². The Balaban J connectivity index is 1.41. The molecule has 0 saturated carbocycles. The lowest BCUT2D eigenvalue weighted by molar-refractivity contribution is 1.23. The van der Waals surface area contributed by atoms with E-state index in [-0.39, 0.29) is 0 Å². The van der Waals surface area contributed by atoms with E-state index in [0.29, 0.717) is 0 Å². The molecule has 0 unspecified atom stereocenters. The first-order valence-corrected chi connectivity index (χ1v) is 15.4. The van der Waals surface area contributed by atoms with Gasteiger partial charge >= 0.3 is 0 Å². The van der Waals surface area contributed by atoms with Gasteiger partial charge in [0.1, 0.15) is 0 Å². The molecule has 0 aromatic heterocycles. The molecule has 0 aliphatic carbocycles. The normalized spacial score (nSPS) is 11.0. The van der Waals surface area contributed by atoms with Crippen molar-refractivity contribution in [2.75, 3.05) is 9.80 Å². The first kappa shape index (κ1) is 29.0. The van der Waals surface area contributed by atoms with Gasteiger partial charge in [-0.05, 0) is 147 Å². The van der Waals surface area contributed by atoms with Gasteiger partial charge in [-0.25, -0.2) is 0 Å². The summed E-state index contributed by atoms with van der Waals surface area (Å²) in [6.07, 6.45) is 0. The average Bonchev–Trinajstić information content (AvgIpc) is 3.00. The van der Waals surface area contributed by atoms with Crippen LogP contribution in [0.4, 0.5) is 34.1 Å². The third kappa shape index (κ3) is 5.76. The van der Waals surface area contributed by atoms with Gasteiger partial charge in [-0.2, -0.15) is 0 Å². The van der Waals surface area contributed by atoms with Crippen molar-refractivity contribution in [1.82, 2.24) is 0 Å². The van der Waals surface area contributed by atoms with Crippen LogP contribution in [-0.2, 0) is 0 Å². The van der Waals surface area contributed by atoms with Crippen molar-refractivity contribution in [3.63, 3.8) is 0 Å². The van der Waals surface area contributed by atoms with Crippen LogP contribution in [-0.4, -0.2) is 0 Å². The minimum absolute atomic E-state index is 1.16. The molecule has 2 nitrogen and oxygen atoms in total. The lowest BCUT2D eigenvalue weighted by atomic mass is 9.95. The van der Waals surface area contributed by atoms with Crippen LogP contribution in [0.3, 0.4) is 0 Å². The van der Waals surface area contributed by atoms with Crippen molar-refractivity contribution in [3.8, 4) is 11.1 Å². The maximum atomic E-state index is 2.37. The lowest BCUT2D eigenvalue weighted by Crippen LogP contribution is -2.12. The summed E-state index contributed by atoms with van der Waals surface area (Å²) in [6, 6.07) is 48.4. The van der Waals surface area contributed by atoms with Gasteiger partial charge in [0.05, 0.1) is 0 Å². The minimum Gasteiger partial charge on any atom is -0.310 e. The van der Waals surface area contributed by atoms with Crippen LogP contribution in [0, 0.1) is 41.5 Å². The monoisotopic (exact) mass is 572 g/mol. The van der Waals surface area contributed by atoms with Crippen LogP contribution in [0.1, 0.15) is 33.4 Å². The van der Waals surface area contributed by atoms with E-state index >= 15 is 0 Å². The van der Waals surface area contributed by atoms with Crippen molar-refractivity contribution in [1.29, 1.82) is 0 Å². The van der Waals surface area contributed by atoms with E-state index in [0.717, 1.165) is 11.4 Å². The Morgan fingerprint density at radius 1 is 0.318 bits per heavy atom. The number of nitrogens with zero attached hydrogens (tertiary/aromatic N) is 2. The smallest absolute Gasteiger partial charge is 0.0490 e. The quantitative estimate of drug-likeness (QED) is 0.188. The summed E-state index contributed by atoms with van der Waals surface area (Å²) in [7, 11) is 0. The number of hydrogen-bond donors (Lipinski definition) is 0. The number of hydrogen-bond acceptors (Lipinski definition) is 2. The molecule has 6 rings (SSSR count). The Kier molecular flexibility index (Phi) is 8.09. The standard InChI is InChI=1S/C42H40N2/c1-29-13-11-17-35(25-29)43(41-19-9-7-15-31(41)3)37-21-23-39(33(5)27-37)40-24-22-38(28-34(40)6)44(36-18-12-14-30(2)26-36)42-20-10-8-16-32(42)4/h7-28H,1-6H3. The fraction of sp³-hybridized carbons (Fsp3) is 0.143. The summed E-state index contributed by atoms with van der Waals surface area (Å²) < 4.78 is 0. The molecule has 0 atom stereocenters. The Hall–Kier alpha value is -5.08. The van der Waals surface area contributed by atoms with Gasteiger partial charge in [-0.1, -0.05) is 72.8 Å². The van der Waals surface area contributed by atoms with Crippen molar-refractivity contribution in [2.24, 2.45) is 0 Å². The zero-order valence-electron chi connectivity index (χ0n) is 26.6. The summed E-state index contributed by atoms with van der Waals surface area (Å²) >= 11 is 0. The van der Waals surface area contributed by atoms with Crippen LogP contribution >= 0.6 is 0 Å². The molecule has 0 amide bonds. The molecular weight excluding hydrogens is 532 g/mol. The zero-order valence-corrected chi connectivity index (χ0v) is 26.6. The molecular formula is C42H40N2. The third-order valence-electron chi connectivity index (χ3n) is 8.46. The zero-order chi connectivity index (χ0) is 30.8. The second kappa shape index (κ2) is 12.3. The molecule has 218 valence electrons. The Morgan fingerprint density at radius 3 is 1.07 bits per heavy atom. The number of rotatable bonds is 7. The highest BCUT2D eigenvalue weighted by Crippen LogP contribution is 2.41. The summed E-state index contributed by atoms with van der Waals surface area (Å²) in [4.78, 5) is 4.74. The molecule has 0 aliphatic rings. The van der Waals surface area contributed by atoms with E-state index in [1.165, 1.54) is 67.3 Å². The summed E-state index contributed by atoms with van der Waals surface area (Å²) in [5, 5.41) is 0. The molecule has 6 aromatic rings. The number of benzene rings is 6. The molecule has 0 fully saturated rings. The van der Waals surface area contributed by atoms with Crippen LogP contribution in [0.5, 0.6) is 0 Å². The van der Waals surface area contributed by atoms with Gasteiger partial charge in [0.15, 0.2) is 0 Å². The van der Waals surface area contributed by atoms with Crippen molar-refractivity contribution < 1.29 is 0 Å². The third-order valence-corrected chi connectivity index (χ3v) is 8.46. The second-order valence-corrected chi connectivity index (χ2v) is 11.9. The maximum absolute atomic E-state index is 2.37. The van der Waals surface area contributed by atoms with E-state index in [4.69, 9.17) is 0 Å². The molecule has 6 aromatic carbocycles. The molecule has 0 N–H and O–H groups in total. The molecule has 0 spiro atoms. The number of anilines is 6. The second-order valence-electron chi connectivity index (χ2n) is 11.9. The molecule has 2 heteroatoms. The fourth-order valence-electron chi connectivity index (χ4n) is 6.20. The molecule has 0 aliphatic heterocycles. The largest absolute Gasteiger partial charge is 0.310 e. The Bertz CT molecular complexity index is 1810. The highest BCUT2D eigenvalue weighted by molar-refractivity contribution is 5.84. The average molecular weight is 573 g/mol. The summed E-state index contributed by atoms with van der Waals surface area (Å²) in [5.74, 6) is 0. The van der Waals surface area contributed by atoms with E-state index in [1.807, 2.05) is 0 Å². The van der Waals surface area contributed by atoms with Crippen molar-refractivity contribution in [3.05, 3.63) is 167 Å². The van der Waals surface area contributed by atoms with Crippen LogP contribution in [0.25, 0.3) is 11.1 Å². The highest BCUT2D eigenvalue weighted by Gasteiger charge is 2.18. The van der Waals surface area contributed by atoms with Crippen molar-refractivity contribution >= 4 is 34.1 Å². The van der Waals surface area contributed by atoms with E-state index in [1.54, 1.807) is 0 Å². The summed E-state index contributed by atoms with van der Waals surface area (Å²) in [6.45, 7) is 13.1. The topological polar surface area (TPSA) is 6.48 Å². The van der Waals surface area contributed by atoms with Gasteiger partial charge in [-0.15, -0.1) is 0 Å². The Labute approximate surface area is 262 Å². The minimum atomic E-state index is 1.16. The van der Waals surface area contributed by atoms with Crippen LogP contribution < -0.4 is 9.80 Å². The van der Waals surface area contributed by atoms with Gasteiger partial charge in [0.25, 0.3) is 0 Å². The Morgan fingerprint density at radius 2 is 0.705 bits per heavy atom. The fourth-order valence-corrected chi connectivity index (χ4v) is 6.20. The lowest BCUT2D eigenvalue weighted by Gasteiger charge is -2.29. The molecule has 0 radical (unpaired) electrons.